The van der Waals surface area contributed by atoms with Gasteiger partial charge in [-0.3, -0.25) is 4.79 Å². The maximum Gasteiger partial charge on any atom is 0.423 e. The lowest BCUT2D eigenvalue weighted by molar-refractivity contribution is -0.264. The Hall–Kier alpha value is -1.60. The lowest BCUT2D eigenvalue weighted by Gasteiger charge is -2.32. The molecule has 0 aromatic heterocycles. The van der Waals surface area contributed by atoms with E-state index in [1.54, 1.807) is 20.8 Å². The monoisotopic (exact) mass is 318 g/mol. The third-order valence-electron chi connectivity index (χ3n) is 3.45. The van der Waals surface area contributed by atoms with Crippen LogP contribution in [0.5, 0.6) is 0 Å². The van der Waals surface area contributed by atoms with Crippen LogP contribution in [0.4, 0.5) is 13.2 Å². The van der Waals surface area contributed by atoms with E-state index < -0.39 is 35.7 Å². The molecule has 1 unspecified atom stereocenters. The van der Waals surface area contributed by atoms with Crippen molar-refractivity contribution in [3.8, 4) is 0 Å². The number of nitrogens with one attached hydrogen (secondary N) is 1. The van der Waals surface area contributed by atoms with Crippen LogP contribution in [0.2, 0.25) is 0 Å². The van der Waals surface area contributed by atoms with E-state index >= 15 is 0 Å². The first kappa shape index (κ1) is 18.4. The van der Waals surface area contributed by atoms with Crippen molar-refractivity contribution in [1.82, 2.24) is 5.32 Å². The first-order chi connectivity index (χ1) is 9.89. The molecule has 0 saturated carbocycles. The zero-order valence-electron chi connectivity index (χ0n) is 12.7. The van der Waals surface area contributed by atoms with Crippen molar-refractivity contribution in [3.05, 3.63) is 35.9 Å². The highest BCUT2D eigenvalue weighted by molar-refractivity contribution is 5.82. The summed E-state index contributed by atoms with van der Waals surface area (Å²) in [4.78, 5) is 11.9. The minimum Gasteiger partial charge on any atom is -0.375 e. The van der Waals surface area contributed by atoms with Crippen LogP contribution in [0.1, 0.15) is 26.3 Å². The summed E-state index contributed by atoms with van der Waals surface area (Å²) in [5, 5.41) is 12.2. The molecular weight excluding hydrogens is 297 g/mol. The van der Waals surface area contributed by atoms with E-state index in [2.05, 4.69) is 5.32 Å². The molecule has 7 heteroatoms. The number of hydrogen-bond donors (Lipinski definition) is 3. The van der Waals surface area contributed by atoms with Gasteiger partial charge < -0.3 is 16.2 Å². The van der Waals surface area contributed by atoms with E-state index in [9.17, 15) is 23.1 Å². The summed E-state index contributed by atoms with van der Waals surface area (Å²) in [6, 6.07) is 5.63. The Morgan fingerprint density at radius 1 is 1.23 bits per heavy atom. The van der Waals surface area contributed by atoms with Gasteiger partial charge in [0.25, 0.3) is 0 Å². The Labute approximate surface area is 127 Å². The maximum atomic E-state index is 13.2. The molecule has 1 aromatic rings. The molecule has 4 N–H and O–H groups in total. The highest BCUT2D eigenvalue weighted by atomic mass is 19.4. The first-order valence-corrected chi connectivity index (χ1v) is 6.77. The van der Waals surface area contributed by atoms with Crippen molar-refractivity contribution in [3.63, 3.8) is 0 Å². The number of carbonyl (C=O) groups excluding carboxylic acids is 1. The molecule has 22 heavy (non-hydrogen) atoms. The molecule has 0 aliphatic rings. The average molecular weight is 318 g/mol. The van der Waals surface area contributed by atoms with E-state index in [0.717, 1.165) is 12.1 Å². The summed E-state index contributed by atoms with van der Waals surface area (Å²) >= 11 is 0. The van der Waals surface area contributed by atoms with Crippen molar-refractivity contribution in [2.24, 2.45) is 11.1 Å². The molecule has 1 amide bonds. The smallest absolute Gasteiger partial charge is 0.375 e. The van der Waals surface area contributed by atoms with Gasteiger partial charge in [-0.1, -0.05) is 51.1 Å². The van der Waals surface area contributed by atoms with Crippen molar-refractivity contribution < 1.29 is 23.1 Å². The van der Waals surface area contributed by atoms with Crippen LogP contribution in [0.15, 0.2) is 30.3 Å². The van der Waals surface area contributed by atoms with Crippen LogP contribution < -0.4 is 11.1 Å². The Kier molecular flexibility index (Phi) is 5.25. The van der Waals surface area contributed by atoms with Crippen LogP contribution in [0.25, 0.3) is 0 Å². The molecule has 1 aromatic carbocycles. The lowest BCUT2D eigenvalue weighted by Crippen LogP contribution is -2.55. The van der Waals surface area contributed by atoms with Gasteiger partial charge in [0, 0.05) is 0 Å². The van der Waals surface area contributed by atoms with Crippen molar-refractivity contribution >= 4 is 5.91 Å². The van der Waals surface area contributed by atoms with Crippen LogP contribution in [-0.2, 0) is 10.4 Å². The van der Waals surface area contributed by atoms with E-state index in [-0.39, 0.29) is 5.56 Å². The summed E-state index contributed by atoms with van der Waals surface area (Å²) in [5.74, 6) is -0.744. The second kappa shape index (κ2) is 6.26. The fourth-order valence-corrected chi connectivity index (χ4v) is 1.80. The third-order valence-corrected chi connectivity index (χ3v) is 3.45. The van der Waals surface area contributed by atoms with Gasteiger partial charge in [-0.2, -0.15) is 13.2 Å². The number of alkyl halides is 3. The number of carbonyl (C=O) groups is 1. The fraction of sp³-hybridized carbons (Fsp3) is 0.533. The summed E-state index contributed by atoms with van der Waals surface area (Å²) in [7, 11) is 0. The number of hydrogen-bond acceptors (Lipinski definition) is 3. The van der Waals surface area contributed by atoms with Gasteiger partial charge in [-0.05, 0) is 11.0 Å². The van der Waals surface area contributed by atoms with Crippen LogP contribution >= 0.6 is 0 Å². The van der Waals surface area contributed by atoms with Crippen molar-refractivity contribution in [1.29, 1.82) is 0 Å². The Balaban J connectivity index is 2.96. The minimum absolute atomic E-state index is 0.341. The molecule has 0 fully saturated rings. The first-order valence-electron chi connectivity index (χ1n) is 6.77. The summed E-state index contributed by atoms with van der Waals surface area (Å²) < 4.78 is 39.7. The van der Waals surface area contributed by atoms with Crippen LogP contribution in [-0.4, -0.2) is 29.8 Å². The number of halogens is 3. The molecule has 2 atom stereocenters. The molecular formula is C15H21F3N2O2. The van der Waals surface area contributed by atoms with Crippen LogP contribution in [0.3, 0.4) is 0 Å². The third kappa shape index (κ3) is 3.98. The van der Waals surface area contributed by atoms with Crippen LogP contribution in [0, 0.1) is 5.41 Å². The zero-order chi connectivity index (χ0) is 17.2. The second-order valence-corrected chi connectivity index (χ2v) is 6.29. The average Bonchev–Trinajstić information content (AvgIpc) is 2.42. The standard InChI is InChI=1S/C15H21F3N2O2/c1-13(2,3)11(19)12(21)20-9-14(22,15(16,17)18)10-7-5-4-6-8-10/h4-8,11,22H,9,19H2,1-3H3,(H,20,21)/t11-,14?/m1/s1. The summed E-state index contributed by atoms with van der Waals surface area (Å²) in [5.41, 5.74) is 1.59. The molecule has 0 aliphatic heterocycles. The number of nitrogens with two attached hydrogens (primary N) is 1. The molecule has 0 radical (unpaired) electrons. The van der Waals surface area contributed by atoms with E-state index in [1.807, 2.05) is 0 Å². The molecule has 0 spiro atoms. The maximum absolute atomic E-state index is 13.2. The minimum atomic E-state index is -4.94. The Morgan fingerprint density at radius 3 is 2.14 bits per heavy atom. The van der Waals surface area contributed by atoms with Gasteiger partial charge >= 0.3 is 6.18 Å². The predicted octanol–water partition coefficient (Wildman–Crippen LogP) is 1.93. The summed E-state index contributed by atoms with van der Waals surface area (Å²) in [6.45, 7) is 4.10. The molecule has 124 valence electrons. The van der Waals surface area contributed by atoms with E-state index in [1.165, 1.54) is 18.2 Å². The van der Waals surface area contributed by atoms with Gasteiger partial charge in [-0.25, -0.2) is 0 Å². The SMILES string of the molecule is CC(C)(C)[C@H](N)C(=O)NCC(O)(c1ccccc1)C(F)(F)F. The van der Waals surface area contributed by atoms with Gasteiger partial charge in [-0.15, -0.1) is 0 Å². The summed E-state index contributed by atoms with van der Waals surface area (Å²) in [6.07, 6.45) is -4.94. The Bertz CT molecular complexity index is 512. The van der Waals surface area contributed by atoms with E-state index in [0.29, 0.717) is 0 Å². The van der Waals surface area contributed by atoms with Gasteiger partial charge in [0.2, 0.25) is 11.5 Å². The number of amides is 1. The second-order valence-electron chi connectivity index (χ2n) is 6.29. The number of benzene rings is 1. The topological polar surface area (TPSA) is 75.4 Å². The highest BCUT2D eigenvalue weighted by Gasteiger charge is 2.55. The van der Waals surface area contributed by atoms with E-state index in [4.69, 9.17) is 5.73 Å². The number of rotatable bonds is 4. The van der Waals surface area contributed by atoms with Crippen molar-refractivity contribution in [2.75, 3.05) is 6.54 Å². The van der Waals surface area contributed by atoms with Crippen molar-refractivity contribution in [2.45, 2.75) is 38.6 Å². The largest absolute Gasteiger partial charge is 0.423 e. The molecule has 1 rings (SSSR count). The quantitative estimate of drug-likeness (QED) is 0.794. The highest BCUT2D eigenvalue weighted by Crippen LogP contribution is 2.38. The molecule has 0 aliphatic carbocycles. The molecule has 0 heterocycles. The fourth-order valence-electron chi connectivity index (χ4n) is 1.80. The Morgan fingerprint density at radius 2 is 1.73 bits per heavy atom. The number of aliphatic hydroxyl groups is 1. The van der Waals surface area contributed by atoms with Gasteiger partial charge in [0.15, 0.2) is 0 Å². The zero-order valence-corrected chi connectivity index (χ0v) is 12.7. The van der Waals surface area contributed by atoms with Gasteiger partial charge in [0.05, 0.1) is 12.6 Å². The van der Waals surface area contributed by atoms with Gasteiger partial charge in [0.1, 0.15) is 0 Å². The predicted molar refractivity (Wildman–Crippen MR) is 76.8 cm³/mol. The molecule has 0 bridgehead atoms. The molecule has 0 saturated heterocycles. The normalized spacial score (nSPS) is 16.7. The lowest BCUT2D eigenvalue weighted by atomic mass is 9.86. The molecule has 4 nitrogen and oxygen atoms in total.